The van der Waals surface area contributed by atoms with Gasteiger partial charge in [0.2, 0.25) is 0 Å². The summed E-state index contributed by atoms with van der Waals surface area (Å²) in [5, 5.41) is 4.67. The van der Waals surface area contributed by atoms with E-state index in [4.69, 9.17) is 0 Å². The molecule has 0 spiro atoms. The third-order valence-electron chi connectivity index (χ3n) is 3.51. The zero-order valence-corrected chi connectivity index (χ0v) is 13.8. The monoisotopic (exact) mass is 319 g/mol. The summed E-state index contributed by atoms with van der Waals surface area (Å²) in [5.74, 6) is -0.166. The Morgan fingerprint density at radius 1 is 1.05 bits per heavy atom. The van der Waals surface area contributed by atoms with Crippen molar-refractivity contribution in [2.45, 2.75) is 26.3 Å². The highest BCUT2D eigenvalue weighted by molar-refractivity contribution is 7.19. The van der Waals surface area contributed by atoms with Gasteiger partial charge in [-0.15, -0.1) is 22.7 Å². The van der Waals surface area contributed by atoms with E-state index < -0.39 is 0 Å². The fourth-order valence-corrected chi connectivity index (χ4v) is 4.76. The van der Waals surface area contributed by atoms with Gasteiger partial charge in [0.1, 0.15) is 5.82 Å². The van der Waals surface area contributed by atoms with Gasteiger partial charge < -0.3 is 5.32 Å². The zero-order valence-electron chi connectivity index (χ0n) is 12.2. The number of hydrogen-bond donors (Lipinski definition) is 1. The van der Waals surface area contributed by atoms with E-state index >= 15 is 0 Å². The van der Waals surface area contributed by atoms with Crippen molar-refractivity contribution in [3.05, 3.63) is 56.8 Å². The lowest BCUT2D eigenvalue weighted by Gasteiger charge is -2.14. The summed E-state index contributed by atoms with van der Waals surface area (Å²) in [6, 6.07) is 11.8. The van der Waals surface area contributed by atoms with Crippen molar-refractivity contribution in [3.8, 4) is 0 Å². The molecule has 0 aliphatic rings. The van der Waals surface area contributed by atoms with Crippen LogP contribution in [0.25, 0.3) is 10.1 Å². The Labute approximate surface area is 132 Å². The van der Waals surface area contributed by atoms with Crippen LogP contribution in [-0.4, -0.2) is 6.54 Å². The molecule has 3 aromatic rings. The number of aryl methyl sites for hydroxylation is 1. The van der Waals surface area contributed by atoms with E-state index in [1.54, 1.807) is 17.4 Å². The molecule has 0 saturated carbocycles. The molecule has 0 amide bonds. The second kappa shape index (κ2) is 6.26. The van der Waals surface area contributed by atoms with Crippen molar-refractivity contribution < 1.29 is 4.39 Å². The van der Waals surface area contributed by atoms with Gasteiger partial charge in [-0.05, 0) is 48.7 Å². The molecule has 1 nitrogen and oxygen atoms in total. The average Bonchev–Trinajstić information content (AvgIpc) is 3.10. The fraction of sp³-hybridized carbons (Fsp3) is 0.294. The smallest absolute Gasteiger partial charge is 0.124 e. The van der Waals surface area contributed by atoms with Gasteiger partial charge in [-0.25, -0.2) is 4.39 Å². The van der Waals surface area contributed by atoms with Crippen molar-refractivity contribution in [2.24, 2.45) is 0 Å². The number of fused-ring (bicyclic) bond motifs is 1. The van der Waals surface area contributed by atoms with Crippen LogP contribution in [0.15, 0.2) is 36.4 Å². The first-order valence-electron chi connectivity index (χ1n) is 7.22. The van der Waals surface area contributed by atoms with E-state index in [9.17, 15) is 4.39 Å². The van der Waals surface area contributed by atoms with Gasteiger partial charge in [0.15, 0.2) is 0 Å². The Bertz CT molecular complexity index is 744. The van der Waals surface area contributed by atoms with Gasteiger partial charge in [0.05, 0.1) is 6.04 Å². The molecule has 0 aliphatic heterocycles. The highest BCUT2D eigenvalue weighted by atomic mass is 32.1. The maximum absolute atomic E-state index is 13.4. The van der Waals surface area contributed by atoms with Crippen LogP contribution in [0.2, 0.25) is 0 Å². The topological polar surface area (TPSA) is 12.0 Å². The number of rotatable bonds is 5. The first-order chi connectivity index (χ1) is 10.2. The molecule has 4 heteroatoms. The SMILES string of the molecule is CCNC(c1ccc(CC)s1)c1cc2ccc(F)cc2s1. The molecule has 0 saturated heterocycles. The molecular formula is C17H18FNS2. The average molecular weight is 319 g/mol. The predicted molar refractivity (Wildman–Crippen MR) is 91.0 cm³/mol. The lowest BCUT2D eigenvalue weighted by Crippen LogP contribution is -2.20. The van der Waals surface area contributed by atoms with E-state index in [1.807, 2.05) is 17.4 Å². The largest absolute Gasteiger partial charge is 0.305 e. The minimum absolute atomic E-state index is 0.166. The van der Waals surface area contributed by atoms with E-state index in [1.165, 1.54) is 20.7 Å². The molecule has 2 heterocycles. The van der Waals surface area contributed by atoms with Crippen LogP contribution in [0.3, 0.4) is 0 Å². The summed E-state index contributed by atoms with van der Waals surface area (Å²) < 4.78 is 14.4. The van der Waals surface area contributed by atoms with Gasteiger partial charge in [-0.1, -0.05) is 19.9 Å². The molecule has 1 unspecified atom stereocenters. The molecule has 0 fully saturated rings. The van der Waals surface area contributed by atoms with Crippen LogP contribution >= 0.6 is 22.7 Å². The summed E-state index contributed by atoms with van der Waals surface area (Å²) in [7, 11) is 0. The molecule has 1 atom stereocenters. The van der Waals surface area contributed by atoms with E-state index in [-0.39, 0.29) is 11.9 Å². The maximum Gasteiger partial charge on any atom is 0.124 e. The van der Waals surface area contributed by atoms with Gasteiger partial charge >= 0.3 is 0 Å². The molecule has 0 aliphatic carbocycles. The quantitative estimate of drug-likeness (QED) is 0.667. The summed E-state index contributed by atoms with van der Waals surface area (Å²) in [6.45, 7) is 5.21. The lowest BCUT2D eigenvalue weighted by molar-refractivity contribution is 0.630. The van der Waals surface area contributed by atoms with E-state index in [2.05, 4.69) is 37.4 Å². The standard InChI is InChI=1S/C17H18FNS2/c1-3-13-7-8-14(20-13)17(19-4-2)16-9-11-5-6-12(18)10-15(11)21-16/h5-10,17,19H,3-4H2,1-2H3. The maximum atomic E-state index is 13.4. The number of benzene rings is 1. The summed E-state index contributed by atoms with van der Waals surface area (Å²) >= 11 is 3.53. The lowest BCUT2D eigenvalue weighted by atomic mass is 10.1. The van der Waals surface area contributed by atoms with Gasteiger partial charge in [0.25, 0.3) is 0 Å². The van der Waals surface area contributed by atoms with Crippen molar-refractivity contribution >= 4 is 32.8 Å². The Balaban J connectivity index is 2.01. The minimum atomic E-state index is -0.166. The number of hydrogen-bond acceptors (Lipinski definition) is 3. The van der Waals surface area contributed by atoms with Crippen LogP contribution in [0, 0.1) is 5.82 Å². The number of nitrogens with one attached hydrogen (secondary N) is 1. The molecule has 3 rings (SSSR count). The van der Waals surface area contributed by atoms with Crippen molar-refractivity contribution in [1.82, 2.24) is 5.32 Å². The van der Waals surface area contributed by atoms with Crippen molar-refractivity contribution in [2.75, 3.05) is 6.54 Å². The highest BCUT2D eigenvalue weighted by Gasteiger charge is 2.18. The van der Waals surface area contributed by atoms with E-state index in [0.717, 1.165) is 23.1 Å². The van der Waals surface area contributed by atoms with Gasteiger partial charge in [-0.3, -0.25) is 0 Å². The van der Waals surface area contributed by atoms with Gasteiger partial charge in [0, 0.05) is 19.3 Å². The van der Waals surface area contributed by atoms with Crippen molar-refractivity contribution in [1.29, 1.82) is 0 Å². The Hall–Kier alpha value is -1.23. The van der Waals surface area contributed by atoms with E-state index in [0.29, 0.717) is 0 Å². The third kappa shape index (κ3) is 3.03. The Morgan fingerprint density at radius 2 is 1.90 bits per heavy atom. The summed E-state index contributed by atoms with van der Waals surface area (Å²) in [4.78, 5) is 3.99. The molecular weight excluding hydrogens is 301 g/mol. The Kier molecular flexibility index (Phi) is 4.38. The van der Waals surface area contributed by atoms with Crippen LogP contribution in [-0.2, 0) is 6.42 Å². The number of halogens is 1. The molecule has 0 radical (unpaired) electrons. The first kappa shape index (κ1) is 14.7. The molecule has 0 bridgehead atoms. The second-order valence-corrected chi connectivity index (χ2v) is 7.29. The third-order valence-corrected chi connectivity index (χ3v) is 5.97. The van der Waals surface area contributed by atoms with Crippen LogP contribution in [0.4, 0.5) is 4.39 Å². The predicted octanol–water partition coefficient (Wildman–Crippen LogP) is 5.36. The number of thiophene rings is 2. The fourth-order valence-electron chi connectivity index (χ4n) is 2.45. The van der Waals surface area contributed by atoms with Crippen LogP contribution < -0.4 is 5.32 Å². The minimum Gasteiger partial charge on any atom is -0.305 e. The van der Waals surface area contributed by atoms with Gasteiger partial charge in [-0.2, -0.15) is 0 Å². The molecule has 1 aromatic carbocycles. The molecule has 21 heavy (non-hydrogen) atoms. The van der Waals surface area contributed by atoms with Crippen LogP contribution in [0.5, 0.6) is 0 Å². The zero-order chi connectivity index (χ0) is 14.8. The first-order valence-corrected chi connectivity index (χ1v) is 8.85. The van der Waals surface area contributed by atoms with Crippen LogP contribution in [0.1, 0.15) is 34.5 Å². The summed E-state index contributed by atoms with van der Waals surface area (Å²) in [5.41, 5.74) is 0. The second-order valence-electron chi connectivity index (χ2n) is 4.98. The molecule has 1 N–H and O–H groups in total. The summed E-state index contributed by atoms with van der Waals surface area (Å²) in [6.07, 6.45) is 1.07. The normalized spacial score (nSPS) is 12.9. The van der Waals surface area contributed by atoms with Crippen molar-refractivity contribution in [3.63, 3.8) is 0 Å². The molecule has 2 aromatic heterocycles. The molecule has 110 valence electrons. The highest BCUT2D eigenvalue weighted by Crippen LogP contribution is 2.36. The Morgan fingerprint density at radius 3 is 2.62 bits per heavy atom.